The highest BCUT2D eigenvalue weighted by Crippen LogP contribution is 2.21. The van der Waals surface area contributed by atoms with Gasteiger partial charge in [-0.1, -0.05) is 18.7 Å². The summed E-state index contributed by atoms with van der Waals surface area (Å²) in [6.45, 7) is 7.90. The summed E-state index contributed by atoms with van der Waals surface area (Å²) < 4.78 is 1.91. The maximum absolute atomic E-state index is 12.3. The van der Waals surface area contributed by atoms with Crippen LogP contribution in [0.2, 0.25) is 0 Å². The van der Waals surface area contributed by atoms with Gasteiger partial charge in [0.05, 0.1) is 5.75 Å². The van der Waals surface area contributed by atoms with Crippen LogP contribution in [-0.4, -0.2) is 49.2 Å². The molecule has 1 atom stereocenters. The van der Waals surface area contributed by atoms with E-state index in [1.807, 2.05) is 29.2 Å². The second-order valence-electron chi connectivity index (χ2n) is 6.03. The third-order valence-electron chi connectivity index (χ3n) is 4.00. The van der Waals surface area contributed by atoms with E-state index < -0.39 is 0 Å². The van der Waals surface area contributed by atoms with E-state index in [2.05, 4.69) is 22.1 Å². The monoisotopic (exact) mass is 319 g/mol. The first-order valence-electron chi connectivity index (χ1n) is 7.64. The van der Waals surface area contributed by atoms with Crippen LogP contribution in [0.5, 0.6) is 0 Å². The summed E-state index contributed by atoms with van der Waals surface area (Å²) in [5.74, 6) is 1.79. The van der Waals surface area contributed by atoms with Gasteiger partial charge in [-0.3, -0.25) is 9.20 Å². The number of aryl methyl sites for hydroxylation is 2. The number of carbonyl (C=O) groups excluding carboxylic acids is 1. The Labute approximate surface area is 134 Å². The zero-order chi connectivity index (χ0) is 15.7. The standard InChI is InChI=1S/C15H21N5OS/c1-10-5-4-6-19(8-10)13(21)9-22-15-18-17-14-16-11(2)7-12(3)20(14)15/h7,10H,4-6,8-9H2,1-3H3/t10-/m0/s1. The number of fused-ring (bicyclic) bond motifs is 1. The van der Waals surface area contributed by atoms with Gasteiger partial charge >= 0.3 is 0 Å². The Balaban J connectivity index is 1.70. The predicted molar refractivity (Wildman–Crippen MR) is 86.0 cm³/mol. The van der Waals surface area contributed by atoms with Crippen molar-refractivity contribution in [1.29, 1.82) is 0 Å². The molecular formula is C15H21N5OS. The van der Waals surface area contributed by atoms with Gasteiger partial charge in [0.2, 0.25) is 5.91 Å². The third-order valence-corrected chi connectivity index (χ3v) is 4.91. The second-order valence-corrected chi connectivity index (χ2v) is 6.98. The molecule has 0 saturated carbocycles. The van der Waals surface area contributed by atoms with Crippen molar-refractivity contribution in [3.05, 3.63) is 17.5 Å². The molecule has 2 aromatic rings. The number of amides is 1. The number of aromatic nitrogens is 4. The summed E-state index contributed by atoms with van der Waals surface area (Å²) in [5.41, 5.74) is 1.96. The summed E-state index contributed by atoms with van der Waals surface area (Å²) in [6.07, 6.45) is 2.32. The minimum absolute atomic E-state index is 0.186. The average Bonchev–Trinajstić information content (AvgIpc) is 2.88. The Hall–Kier alpha value is -1.63. The van der Waals surface area contributed by atoms with Crippen LogP contribution in [0.15, 0.2) is 11.2 Å². The Morgan fingerprint density at radius 1 is 1.41 bits per heavy atom. The van der Waals surface area contributed by atoms with E-state index in [1.165, 1.54) is 18.2 Å². The summed E-state index contributed by atoms with van der Waals surface area (Å²) in [7, 11) is 0. The van der Waals surface area contributed by atoms with Gasteiger partial charge in [0.1, 0.15) is 0 Å². The van der Waals surface area contributed by atoms with Crippen molar-refractivity contribution in [1.82, 2.24) is 24.5 Å². The molecule has 1 fully saturated rings. The van der Waals surface area contributed by atoms with E-state index in [4.69, 9.17) is 0 Å². The lowest BCUT2D eigenvalue weighted by atomic mass is 10.0. The molecule has 3 rings (SSSR count). The number of nitrogens with zero attached hydrogens (tertiary/aromatic N) is 5. The molecule has 1 aliphatic rings. The number of carbonyl (C=O) groups is 1. The van der Waals surface area contributed by atoms with Crippen LogP contribution in [0.25, 0.3) is 5.78 Å². The lowest BCUT2D eigenvalue weighted by Gasteiger charge is -2.30. The molecule has 2 aromatic heterocycles. The van der Waals surface area contributed by atoms with Crippen molar-refractivity contribution in [2.24, 2.45) is 5.92 Å². The molecule has 7 heteroatoms. The van der Waals surface area contributed by atoms with E-state index in [9.17, 15) is 4.79 Å². The van der Waals surface area contributed by atoms with Gasteiger partial charge in [0, 0.05) is 24.5 Å². The van der Waals surface area contributed by atoms with E-state index in [-0.39, 0.29) is 5.91 Å². The molecule has 22 heavy (non-hydrogen) atoms. The second kappa shape index (κ2) is 6.24. The van der Waals surface area contributed by atoms with Crippen LogP contribution in [0, 0.1) is 19.8 Å². The lowest BCUT2D eigenvalue weighted by molar-refractivity contribution is -0.130. The minimum Gasteiger partial charge on any atom is -0.342 e. The van der Waals surface area contributed by atoms with Crippen LogP contribution < -0.4 is 0 Å². The summed E-state index contributed by atoms with van der Waals surface area (Å²) in [4.78, 5) is 18.7. The first-order chi connectivity index (χ1) is 10.5. The Bertz CT molecular complexity index is 699. The number of hydrogen-bond acceptors (Lipinski definition) is 5. The molecule has 3 heterocycles. The molecular weight excluding hydrogens is 298 g/mol. The Morgan fingerprint density at radius 2 is 2.23 bits per heavy atom. The molecule has 118 valence electrons. The largest absolute Gasteiger partial charge is 0.342 e. The molecule has 0 aliphatic carbocycles. The van der Waals surface area contributed by atoms with Crippen LogP contribution in [0.4, 0.5) is 0 Å². The molecule has 1 saturated heterocycles. The molecule has 0 bridgehead atoms. The third kappa shape index (κ3) is 3.09. The highest BCUT2D eigenvalue weighted by atomic mass is 32.2. The van der Waals surface area contributed by atoms with Gasteiger partial charge in [-0.15, -0.1) is 10.2 Å². The van der Waals surface area contributed by atoms with Crippen molar-refractivity contribution in [2.75, 3.05) is 18.8 Å². The fourth-order valence-electron chi connectivity index (χ4n) is 2.93. The number of likely N-dealkylation sites (tertiary alicyclic amines) is 1. The molecule has 0 unspecified atom stereocenters. The lowest BCUT2D eigenvalue weighted by Crippen LogP contribution is -2.40. The first-order valence-corrected chi connectivity index (χ1v) is 8.63. The number of thioether (sulfide) groups is 1. The summed E-state index contributed by atoms with van der Waals surface area (Å²) in [5, 5.41) is 9.01. The zero-order valence-corrected chi connectivity index (χ0v) is 14.1. The Morgan fingerprint density at radius 3 is 3.00 bits per heavy atom. The normalized spacial score (nSPS) is 18.9. The van der Waals surface area contributed by atoms with Crippen LogP contribution in [0.1, 0.15) is 31.2 Å². The zero-order valence-electron chi connectivity index (χ0n) is 13.2. The maximum atomic E-state index is 12.3. The molecule has 1 amide bonds. The van der Waals surface area contributed by atoms with Gasteiger partial charge in [-0.25, -0.2) is 4.98 Å². The van der Waals surface area contributed by atoms with Gasteiger partial charge in [0.15, 0.2) is 5.16 Å². The van der Waals surface area contributed by atoms with Crippen molar-refractivity contribution >= 4 is 23.4 Å². The quantitative estimate of drug-likeness (QED) is 0.811. The average molecular weight is 319 g/mol. The SMILES string of the molecule is Cc1cc(C)n2c(SCC(=O)N3CCC[C@H](C)C3)nnc2n1. The van der Waals surface area contributed by atoms with Crippen LogP contribution >= 0.6 is 11.8 Å². The summed E-state index contributed by atoms with van der Waals surface area (Å²) in [6, 6.07) is 1.99. The molecule has 0 radical (unpaired) electrons. The van der Waals surface area contributed by atoms with E-state index in [1.54, 1.807) is 0 Å². The van der Waals surface area contributed by atoms with Gasteiger partial charge in [-0.05, 0) is 38.7 Å². The summed E-state index contributed by atoms with van der Waals surface area (Å²) >= 11 is 1.44. The Kier molecular flexibility index (Phi) is 4.33. The number of piperidine rings is 1. The van der Waals surface area contributed by atoms with Crippen LogP contribution in [0.3, 0.4) is 0 Å². The van der Waals surface area contributed by atoms with E-state index in [0.29, 0.717) is 17.4 Å². The smallest absolute Gasteiger partial charge is 0.256 e. The van der Waals surface area contributed by atoms with Crippen LogP contribution in [-0.2, 0) is 4.79 Å². The van der Waals surface area contributed by atoms with Crippen molar-refractivity contribution in [3.8, 4) is 0 Å². The van der Waals surface area contributed by atoms with E-state index >= 15 is 0 Å². The fourth-order valence-corrected chi connectivity index (χ4v) is 3.82. The topological polar surface area (TPSA) is 63.4 Å². The van der Waals surface area contributed by atoms with Crippen molar-refractivity contribution in [3.63, 3.8) is 0 Å². The predicted octanol–water partition coefficient (Wildman–Crippen LogP) is 2.09. The molecule has 0 spiro atoms. The van der Waals surface area contributed by atoms with Gasteiger partial charge in [-0.2, -0.15) is 0 Å². The maximum Gasteiger partial charge on any atom is 0.256 e. The molecule has 1 aliphatic heterocycles. The fraction of sp³-hybridized carbons (Fsp3) is 0.600. The highest BCUT2D eigenvalue weighted by Gasteiger charge is 2.21. The number of hydrogen-bond donors (Lipinski definition) is 0. The van der Waals surface area contributed by atoms with E-state index in [0.717, 1.165) is 36.1 Å². The highest BCUT2D eigenvalue weighted by molar-refractivity contribution is 7.99. The first kappa shape index (κ1) is 15.3. The van der Waals surface area contributed by atoms with Crippen molar-refractivity contribution in [2.45, 2.75) is 38.8 Å². The van der Waals surface area contributed by atoms with Gasteiger partial charge < -0.3 is 4.90 Å². The minimum atomic E-state index is 0.186. The van der Waals surface area contributed by atoms with Gasteiger partial charge in [0.25, 0.3) is 5.78 Å². The molecule has 0 aromatic carbocycles. The number of rotatable bonds is 3. The molecule has 0 N–H and O–H groups in total. The van der Waals surface area contributed by atoms with Crippen molar-refractivity contribution < 1.29 is 4.79 Å². The molecule has 6 nitrogen and oxygen atoms in total.